The molecule has 5 nitrogen and oxygen atoms in total. The summed E-state index contributed by atoms with van der Waals surface area (Å²) >= 11 is 0. The minimum atomic E-state index is -4.47. The molecule has 1 saturated carbocycles. The lowest BCUT2D eigenvalue weighted by Gasteiger charge is -2.36. The van der Waals surface area contributed by atoms with Crippen molar-refractivity contribution in [1.29, 1.82) is 0 Å². The fraction of sp³-hybridized carbons (Fsp3) is 0.650. The number of likely N-dealkylation sites (tertiary alicyclic amines) is 1. The molecule has 1 N–H and O–H groups in total. The summed E-state index contributed by atoms with van der Waals surface area (Å²) in [5, 5.41) is 1.90. The predicted octanol–water partition coefficient (Wildman–Crippen LogP) is 3.77. The second-order valence-electron chi connectivity index (χ2n) is 7.45. The van der Waals surface area contributed by atoms with Crippen molar-refractivity contribution in [1.82, 2.24) is 10.2 Å². The first-order valence-corrected chi connectivity index (χ1v) is 9.79. The van der Waals surface area contributed by atoms with Gasteiger partial charge < -0.3 is 19.7 Å². The first kappa shape index (κ1) is 20.8. The van der Waals surface area contributed by atoms with Gasteiger partial charge in [0.15, 0.2) is 0 Å². The number of hydrogen-bond acceptors (Lipinski definition) is 4. The molecule has 1 aromatic carbocycles. The van der Waals surface area contributed by atoms with E-state index in [1.54, 1.807) is 12.1 Å². The number of nitrogens with one attached hydrogen (secondary N) is 1. The van der Waals surface area contributed by atoms with Crippen LogP contribution in [0.4, 0.5) is 13.2 Å². The van der Waals surface area contributed by atoms with Gasteiger partial charge in [-0.3, -0.25) is 4.79 Å². The Morgan fingerprint density at radius 1 is 1.18 bits per heavy atom. The molecule has 3 rings (SSSR count). The summed E-state index contributed by atoms with van der Waals surface area (Å²) in [5.74, 6) is -0.144. The summed E-state index contributed by atoms with van der Waals surface area (Å²) in [6.07, 6.45) is 2.26. The van der Waals surface area contributed by atoms with E-state index >= 15 is 0 Å². The van der Waals surface area contributed by atoms with Gasteiger partial charge in [0, 0.05) is 19.1 Å². The minimum absolute atomic E-state index is 0.0554. The van der Waals surface area contributed by atoms with Crippen molar-refractivity contribution < 1.29 is 27.4 Å². The van der Waals surface area contributed by atoms with Gasteiger partial charge in [-0.25, -0.2) is 0 Å². The summed E-state index contributed by atoms with van der Waals surface area (Å²) in [4.78, 5) is 14.8. The Kier molecular flexibility index (Phi) is 6.69. The summed E-state index contributed by atoms with van der Waals surface area (Å²) in [6.45, 7) is 0.504. The Morgan fingerprint density at radius 2 is 1.86 bits per heavy atom. The Labute approximate surface area is 163 Å². The standard InChI is InChI=1S/C20H27F3N2O3/c1-27-16-6-7-18(17(12-16)19(26)24-13-20(21,22)23)28-15-8-10-25(11-9-15)14-4-2-3-5-14/h6-7,12,14-15H,2-5,8-11,13H2,1H3,(H,24,26). The van der Waals surface area contributed by atoms with E-state index in [2.05, 4.69) is 4.90 Å². The molecule has 0 atom stereocenters. The molecule has 0 radical (unpaired) electrons. The average molecular weight is 400 g/mol. The maximum atomic E-state index is 12.4. The minimum Gasteiger partial charge on any atom is -0.497 e. The van der Waals surface area contributed by atoms with Gasteiger partial charge in [0.25, 0.3) is 5.91 Å². The van der Waals surface area contributed by atoms with Crippen molar-refractivity contribution in [3.05, 3.63) is 23.8 Å². The molecule has 156 valence electrons. The number of rotatable bonds is 6. The second-order valence-corrected chi connectivity index (χ2v) is 7.45. The Hall–Kier alpha value is -1.96. The number of amides is 1. The van der Waals surface area contributed by atoms with Gasteiger partial charge in [0.1, 0.15) is 24.1 Å². The molecule has 0 bridgehead atoms. The van der Waals surface area contributed by atoms with E-state index < -0.39 is 18.6 Å². The molecular formula is C20H27F3N2O3. The van der Waals surface area contributed by atoms with Crippen molar-refractivity contribution >= 4 is 5.91 Å². The highest BCUT2D eigenvalue weighted by Crippen LogP contribution is 2.30. The molecular weight excluding hydrogens is 373 g/mol. The molecule has 2 aliphatic rings. The number of nitrogens with zero attached hydrogens (tertiary/aromatic N) is 1. The van der Waals surface area contributed by atoms with Crippen LogP contribution >= 0.6 is 0 Å². The zero-order valence-corrected chi connectivity index (χ0v) is 16.1. The highest BCUT2D eigenvalue weighted by molar-refractivity contribution is 5.97. The average Bonchev–Trinajstić information content (AvgIpc) is 3.21. The first-order chi connectivity index (χ1) is 13.4. The van der Waals surface area contributed by atoms with E-state index in [4.69, 9.17) is 9.47 Å². The number of ether oxygens (including phenoxy) is 2. The number of hydrogen-bond donors (Lipinski definition) is 1. The van der Waals surface area contributed by atoms with Crippen molar-refractivity contribution in [3.8, 4) is 11.5 Å². The van der Waals surface area contributed by atoms with Gasteiger partial charge in [-0.15, -0.1) is 0 Å². The number of piperidine rings is 1. The Morgan fingerprint density at radius 3 is 2.46 bits per heavy atom. The SMILES string of the molecule is COc1ccc(OC2CCN(C3CCCC3)CC2)c(C(=O)NCC(F)(F)F)c1. The van der Waals surface area contributed by atoms with E-state index in [9.17, 15) is 18.0 Å². The second kappa shape index (κ2) is 9.03. The van der Waals surface area contributed by atoms with Gasteiger partial charge in [-0.05, 0) is 43.9 Å². The number of methoxy groups -OCH3 is 1. The maximum Gasteiger partial charge on any atom is 0.405 e. The molecule has 1 aromatic rings. The van der Waals surface area contributed by atoms with Crippen LogP contribution in [0.3, 0.4) is 0 Å². The van der Waals surface area contributed by atoms with Crippen LogP contribution in [-0.4, -0.2) is 55.9 Å². The topological polar surface area (TPSA) is 50.8 Å². The van der Waals surface area contributed by atoms with Crippen LogP contribution in [0.25, 0.3) is 0 Å². The number of alkyl halides is 3. The van der Waals surface area contributed by atoms with Crippen molar-refractivity contribution in [2.75, 3.05) is 26.7 Å². The van der Waals surface area contributed by atoms with Gasteiger partial charge in [-0.2, -0.15) is 13.2 Å². The zero-order valence-electron chi connectivity index (χ0n) is 16.1. The largest absolute Gasteiger partial charge is 0.497 e. The normalized spacial score (nSPS) is 19.6. The molecule has 1 saturated heterocycles. The quantitative estimate of drug-likeness (QED) is 0.790. The molecule has 28 heavy (non-hydrogen) atoms. The van der Waals surface area contributed by atoms with Crippen LogP contribution in [0.2, 0.25) is 0 Å². The molecule has 1 heterocycles. The number of benzene rings is 1. The number of halogens is 3. The van der Waals surface area contributed by atoms with Gasteiger partial charge >= 0.3 is 6.18 Å². The summed E-state index contributed by atoms with van der Waals surface area (Å²) < 4.78 is 48.4. The van der Waals surface area contributed by atoms with E-state index in [-0.39, 0.29) is 11.7 Å². The van der Waals surface area contributed by atoms with Crippen LogP contribution in [0, 0.1) is 0 Å². The molecule has 8 heteroatoms. The van der Waals surface area contributed by atoms with Gasteiger partial charge in [-0.1, -0.05) is 12.8 Å². The third-order valence-corrected chi connectivity index (χ3v) is 5.49. The maximum absolute atomic E-state index is 12.4. The van der Waals surface area contributed by atoms with Crippen molar-refractivity contribution in [2.24, 2.45) is 0 Å². The van der Waals surface area contributed by atoms with E-state index in [0.717, 1.165) is 25.9 Å². The highest BCUT2D eigenvalue weighted by Gasteiger charge is 2.30. The van der Waals surface area contributed by atoms with Crippen LogP contribution < -0.4 is 14.8 Å². The van der Waals surface area contributed by atoms with Crippen LogP contribution in [0.5, 0.6) is 11.5 Å². The lowest BCUT2D eigenvalue weighted by molar-refractivity contribution is -0.123. The van der Waals surface area contributed by atoms with Crippen molar-refractivity contribution in [3.63, 3.8) is 0 Å². The van der Waals surface area contributed by atoms with E-state index in [1.165, 1.54) is 38.9 Å². The van der Waals surface area contributed by atoms with Gasteiger partial charge in [0.2, 0.25) is 0 Å². The highest BCUT2D eigenvalue weighted by atomic mass is 19.4. The van der Waals surface area contributed by atoms with Crippen LogP contribution in [-0.2, 0) is 0 Å². The third kappa shape index (κ3) is 5.53. The summed E-state index contributed by atoms with van der Waals surface area (Å²) in [7, 11) is 1.44. The van der Waals surface area contributed by atoms with Crippen LogP contribution in [0.15, 0.2) is 18.2 Å². The first-order valence-electron chi connectivity index (χ1n) is 9.79. The van der Waals surface area contributed by atoms with Crippen LogP contribution in [0.1, 0.15) is 48.9 Å². The molecule has 1 aliphatic carbocycles. The number of carbonyl (C=O) groups is 1. The van der Waals surface area contributed by atoms with Crippen molar-refractivity contribution in [2.45, 2.75) is 56.8 Å². The summed E-state index contributed by atoms with van der Waals surface area (Å²) in [5.41, 5.74) is 0.0572. The van der Waals surface area contributed by atoms with E-state index in [1.807, 2.05) is 5.32 Å². The number of carbonyl (C=O) groups excluding carboxylic acids is 1. The molecule has 2 fully saturated rings. The molecule has 1 aliphatic heterocycles. The smallest absolute Gasteiger partial charge is 0.405 e. The monoisotopic (exact) mass is 400 g/mol. The lowest BCUT2D eigenvalue weighted by Crippen LogP contribution is -2.43. The lowest BCUT2D eigenvalue weighted by atomic mass is 10.0. The fourth-order valence-corrected chi connectivity index (χ4v) is 4.00. The Bertz CT molecular complexity index is 667. The fourth-order valence-electron chi connectivity index (χ4n) is 4.00. The Balaban J connectivity index is 1.63. The molecule has 0 spiro atoms. The molecule has 1 amide bonds. The molecule has 0 unspecified atom stereocenters. The summed E-state index contributed by atoms with van der Waals surface area (Å²) in [6, 6.07) is 5.31. The predicted molar refractivity (Wildman–Crippen MR) is 98.9 cm³/mol. The zero-order chi connectivity index (χ0) is 20.1. The van der Waals surface area contributed by atoms with Gasteiger partial charge in [0.05, 0.1) is 12.7 Å². The third-order valence-electron chi connectivity index (χ3n) is 5.49. The van der Waals surface area contributed by atoms with E-state index in [0.29, 0.717) is 17.5 Å². The molecule has 0 aromatic heterocycles.